The molecule has 2 aliphatic heterocycles. The molecule has 0 radical (unpaired) electrons. The summed E-state index contributed by atoms with van der Waals surface area (Å²) in [7, 11) is 1.71. The van der Waals surface area contributed by atoms with Crippen LogP contribution < -0.4 is 16.0 Å². The lowest BCUT2D eigenvalue weighted by Gasteiger charge is -2.37. The number of rotatable bonds is 7. The van der Waals surface area contributed by atoms with Crippen molar-refractivity contribution in [2.45, 2.75) is 84.1 Å². The lowest BCUT2D eigenvalue weighted by Crippen LogP contribution is -2.59. The van der Waals surface area contributed by atoms with Crippen LogP contribution in [0.4, 0.5) is 9.18 Å². The highest BCUT2D eigenvalue weighted by Crippen LogP contribution is 2.43. The van der Waals surface area contributed by atoms with Crippen LogP contribution in [-0.4, -0.2) is 83.0 Å². The predicted molar refractivity (Wildman–Crippen MR) is 154 cm³/mol. The Bertz CT molecular complexity index is 1230. The van der Waals surface area contributed by atoms with Gasteiger partial charge >= 0.3 is 6.03 Å². The standard InChI is InChI=1S/C29H41FN6O3S/c1-16(2)32-28(39)36-14-20(21-15-40-26(33-21)18-8-10-19(30)11-9-18)23-22(36)12-13-35(23)27(38)24(29(4,5)6)34-25(37)17(3)31-7/h8-11,15-17,20,22-24,31H,12-14H2,1-7H3,(H,32,39)(H,34,37)/t17-,20+,22+,23+,24+/m0/s1. The first-order valence-electron chi connectivity index (χ1n) is 13.9. The number of likely N-dealkylation sites (tertiary alicyclic amines) is 2. The maximum absolute atomic E-state index is 14.2. The van der Waals surface area contributed by atoms with E-state index < -0.39 is 17.5 Å². The van der Waals surface area contributed by atoms with Crippen LogP contribution in [0.5, 0.6) is 0 Å². The lowest BCUT2D eigenvalue weighted by molar-refractivity contribution is -0.140. The number of hydrogen-bond donors (Lipinski definition) is 3. The maximum Gasteiger partial charge on any atom is 0.317 e. The van der Waals surface area contributed by atoms with Crippen molar-refractivity contribution in [3.63, 3.8) is 0 Å². The predicted octanol–water partition coefficient (Wildman–Crippen LogP) is 3.57. The molecule has 2 saturated heterocycles. The van der Waals surface area contributed by atoms with Gasteiger partial charge in [-0.3, -0.25) is 9.59 Å². The minimum absolute atomic E-state index is 0.0249. The Kier molecular flexibility index (Phi) is 8.84. The monoisotopic (exact) mass is 572 g/mol. The molecule has 0 spiro atoms. The van der Waals surface area contributed by atoms with Gasteiger partial charge in [-0.15, -0.1) is 11.3 Å². The third kappa shape index (κ3) is 6.15. The smallest absolute Gasteiger partial charge is 0.317 e. The fourth-order valence-electron chi connectivity index (χ4n) is 5.56. The van der Waals surface area contributed by atoms with Crippen LogP contribution in [0.25, 0.3) is 10.6 Å². The van der Waals surface area contributed by atoms with Gasteiger partial charge in [0.2, 0.25) is 11.8 Å². The van der Waals surface area contributed by atoms with Gasteiger partial charge in [-0.1, -0.05) is 20.8 Å². The van der Waals surface area contributed by atoms with Crippen LogP contribution >= 0.6 is 11.3 Å². The average Bonchev–Trinajstić information content (AvgIpc) is 3.61. The van der Waals surface area contributed by atoms with Crippen LogP contribution in [0.2, 0.25) is 0 Å². The lowest BCUT2D eigenvalue weighted by atomic mass is 9.85. The van der Waals surface area contributed by atoms with E-state index in [2.05, 4.69) is 16.0 Å². The van der Waals surface area contributed by atoms with Crippen LogP contribution in [0, 0.1) is 11.2 Å². The van der Waals surface area contributed by atoms with Crippen molar-refractivity contribution in [1.82, 2.24) is 30.7 Å². The molecule has 0 aliphatic carbocycles. The van der Waals surface area contributed by atoms with Gasteiger partial charge < -0.3 is 25.8 Å². The van der Waals surface area contributed by atoms with E-state index >= 15 is 0 Å². The van der Waals surface area contributed by atoms with Crippen LogP contribution in [0.15, 0.2) is 29.6 Å². The number of carbonyl (C=O) groups excluding carboxylic acids is 3. The molecule has 0 bridgehead atoms. The largest absolute Gasteiger partial charge is 0.342 e. The van der Waals surface area contributed by atoms with E-state index in [0.29, 0.717) is 19.5 Å². The zero-order valence-electron chi connectivity index (χ0n) is 24.3. The summed E-state index contributed by atoms with van der Waals surface area (Å²) in [6, 6.07) is 4.41. The molecule has 9 nitrogen and oxygen atoms in total. The molecular formula is C29H41FN6O3S. The quantitative estimate of drug-likeness (QED) is 0.470. The van der Waals surface area contributed by atoms with Gasteiger partial charge in [0, 0.05) is 36.0 Å². The number of aromatic nitrogens is 1. The van der Waals surface area contributed by atoms with E-state index in [9.17, 15) is 18.8 Å². The molecule has 11 heteroatoms. The molecule has 2 fully saturated rings. The molecule has 1 aromatic heterocycles. The first-order chi connectivity index (χ1) is 18.8. The molecule has 3 heterocycles. The normalized spacial score (nSPS) is 22.3. The molecule has 0 saturated carbocycles. The minimum atomic E-state index is -0.737. The molecule has 218 valence electrons. The van der Waals surface area contributed by atoms with E-state index in [4.69, 9.17) is 4.98 Å². The Hall–Kier alpha value is -3.05. The van der Waals surface area contributed by atoms with E-state index in [1.54, 1.807) is 26.1 Å². The van der Waals surface area contributed by atoms with Crippen molar-refractivity contribution >= 4 is 29.2 Å². The number of halogens is 1. The number of likely N-dealkylation sites (N-methyl/N-ethyl adjacent to an activating group) is 1. The van der Waals surface area contributed by atoms with Crippen molar-refractivity contribution in [2.75, 3.05) is 20.1 Å². The van der Waals surface area contributed by atoms with E-state index in [0.717, 1.165) is 16.3 Å². The number of hydrogen-bond acceptors (Lipinski definition) is 6. The van der Waals surface area contributed by atoms with Crippen molar-refractivity contribution in [2.24, 2.45) is 5.41 Å². The topological polar surface area (TPSA) is 107 Å². The number of fused-ring (bicyclic) bond motifs is 1. The minimum Gasteiger partial charge on any atom is -0.342 e. The van der Waals surface area contributed by atoms with E-state index in [-0.39, 0.29) is 47.7 Å². The van der Waals surface area contributed by atoms with Gasteiger partial charge in [-0.05, 0) is 63.9 Å². The molecule has 2 aliphatic rings. The highest BCUT2D eigenvalue weighted by atomic mass is 32.1. The molecule has 3 N–H and O–H groups in total. The first kappa shape index (κ1) is 29.9. The second-order valence-electron chi connectivity index (χ2n) is 12.1. The van der Waals surface area contributed by atoms with E-state index in [1.807, 2.05) is 49.8 Å². The highest BCUT2D eigenvalue weighted by molar-refractivity contribution is 7.13. The molecular weight excluding hydrogens is 531 g/mol. The molecule has 40 heavy (non-hydrogen) atoms. The second kappa shape index (κ2) is 11.8. The summed E-state index contributed by atoms with van der Waals surface area (Å²) in [5.41, 5.74) is 1.09. The van der Waals surface area contributed by atoms with Crippen molar-refractivity contribution in [1.29, 1.82) is 0 Å². The second-order valence-corrected chi connectivity index (χ2v) is 13.0. The summed E-state index contributed by atoms with van der Waals surface area (Å²) < 4.78 is 13.5. The van der Waals surface area contributed by atoms with E-state index in [1.165, 1.54) is 23.5 Å². The summed E-state index contributed by atoms with van der Waals surface area (Å²) in [5, 5.41) is 11.7. The molecule has 0 unspecified atom stereocenters. The van der Waals surface area contributed by atoms with Gasteiger partial charge in [0.05, 0.1) is 23.8 Å². The third-order valence-electron chi connectivity index (χ3n) is 7.80. The molecule has 2 aromatic rings. The maximum atomic E-state index is 14.2. The van der Waals surface area contributed by atoms with Gasteiger partial charge in [-0.25, -0.2) is 14.2 Å². The Morgan fingerprint density at radius 1 is 1.07 bits per heavy atom. The SMILES string of the molecule is CN[C@@H](C)C(=O)N[C@H](C(=O)N1CC[C@@H]2[C@H]1[C@@H](c1csc(-c3ccc(F)cc3)n1)CN2C(=O)NC(C)C)C(C)(C)C. The van der Waals surface area contributed by atoms with Gasteiger partial charge in [0.25, 0.3) is 0 Å². The third-order valence-corrected chi connectivity index (χ3v) is 8.71. The van der Waals surface area contributed by atoms with Crippen LogP contribution in [0.1, 0.15) is 59.6 Å². The summed E-state index contributed by atoms with van der Waals surface area (Å²) >= 11 is 1.46. The molecule has 4 rings (SSSR count). The zero-order chi connectivity index (χ0) is 29.4. The van der Waals surface area contributed by atoms with Gasteiger partial charge in [0.1, 0.15) is 16.9 Å². The molecule has 4 amide bonds. The van der Waals surface area contributed by atoms with Gasteiger partial charge in [0.15, 0.2) is 0 Å². The Morgan fingerprint density at radius 2 is 1.75 bits per heavy atom. The fourth-order valence-corrected chi connectivity index (χ4v) is 6.45. The number of nitrogens with zero attached hydrogens (tertiary/aromatic N) is 3. The van der Waals surface area contributed by atoms with Crippen molar-refractivity contribution in [3.05, 3.63) is 41.2 Å². The number of thiazole rings is 1. The summed E-state index contributed by atoms with van der Waals surface area (Å²) in [6.45, 7) is 12.3. The first-order valence-corrected chi connectivity index (χ1v) is 14.8. The Morgan fingerprint density at radius 3 is 2.35 bits per heavy atom. The molecule has 5 atom stereocenters. The highest BCUT2D eigenvalue weighted by Gasteiger charge is 2.54. The Labute approximate surface area is 239 Å². The number of urea groups is 1. The zero-order valence-corrected chi connectivity index (χ0v) is 25.1. The summed E-state index contributed by atoms with van der Waals surface area (Å²) in [6.07, 6.45) is 0.644. The number of carbonyl (C=O) groups is 3. The fraction of sp³-hybridized carbons (Fsp3) is 0.586. The summed E-state index contributed by atoms with van der Waals surface area (Å²) in [5.74, 6) is -0.902. The van der Waals surface area contributed by atoms with Crippen LogP contribution in [0.3, 0.4) is 0 Å². The van der Waals surface area contributed by atoms with Crippen molar-refractivity contribution < 1.29 is 18.8 Å². The summed E-state index contributed by atoms with van der Waals surface area (Å²) in [4.78, 5) is 48.9. The number of amides is 4. The Balaban J connectivity index is 1.67. The van der Waals surface area contributed by atoms with Crippen LogP contribution in [-0.2, 0) is 9.59 Å². The number of nitrogens with one attached hydrogen (secondary N) is 3. The van der Waals surface area contributed by atoms with Gasteiger partial charge in [-0.2, -0.15) is 0 Å². The molecule has 1 aromatic carbocycles. The van der Waals surface area contributed by atoms with Crippen molar-refractivity contribution in [3.8, 4) is 10.6 Å². The number of benzene rings is 1. The average molecular weight is 573 g/mol.